The van der Waals surface area contributed by atoms with Crippen molar-refractivity contribution in [1.82, 2.24) is 19.3 Å². The summed E-state index contributed by atoms with van der Waals surface area (Å²) in [7, 11) is 3.59. The zero-order valence-corrected chi connectivity index (χ0v) is 12.4. The lowest BCUT2D eigenvalue weighted by molar-refractivity contribution is 0.0684. The van der Waals surface area contributed by atoms with Crippen LogP contribution in [0.4, 0.5) is 5.95 Å². The number of nitrogens with zero attached hydrogens (tertiary/aromatic N) is 4. The van der Waals surface area contributed by atoms with Gasteiger partial charge in [-0.25, -0.2) is 4.98 Å². The van der Waals surface area contributed by atoms with E-state index in [-0.39, 0.29) is 0 Å². The number of nitrogens with two attached hydrogens (primary N) is 1. The molecule has 112 valence electrons. The Hall–Kier alpha value is -1.60. The van der Waals surface area contributed by atoms with Crippen LogP contribution in [0.5, 0.6) is 0 Å². The summed E-state index contributed by atoms with van der Waals surface area (Å²) in [5.74, 6) is 0.552. The Kier molecular flexibility index (Phi) is 4.97. The monoisotopic (exact) mass is 281 g/mol. The van der Waals surface area contributed by atoms with Crippen LogP contribution in [0.25, 0.3) is 11.2 Å². The molecular weight excluding hydrogens is 258 g/mol. The maximum absolute atomic E-state index is 5.98. The van der Waals surface area contributed by atoms with E-state index in [0.717, 1.165) is 42.9 Å². The van der Waals surface area contributed by atoms with Gasteiger partial charge in [-0.1, -0.05) is 0 Å². The Morgan fingerprint density at radius 2 is 2.00 bits per heavy atom. The highest BCUT2D eigenvalue weighted by Crippen LogP contribution is 2.20. The number of anilines is 1. The van der Waals surface area contributed by atoms with Gasteiger partial charge in [0.25, 0.3) is 0 Å². The van der Waals surface area contributed by atoms with E-state index in [9.17, 15) is 0 Å². The van der Waals surface area contributed by atoms with Crippen LogP contribution < -0.4 is 5.73 Å². The second-order valence-corrected chi connectivity index (χ2v) is 4.82. The van der Waals surface area contributed by atoms with E-state index < -0.39 is 0 Å². The van der Waals surface area contributed by atoms with E-state index in [2.05, 4.69) is 10.1 Å². The van der Waals surface area contributed by atoms with Crippen LogP contribution in [0.15, 0.2) is 0 Å². The lowest BCUT2D eigenvalue weighted by Gasteiger charge is -2.07. The van der Waals surface area contributed by atoms with E-state index in [1.54, 1.807) is 7.11 Å². The number of rotatable bonds is 8. The van der Waals surface area contributed by atoms with Gasteiger partial charge < -0.3 is 15.2 Å². The average molecular weight is 281 g/mol. The first-order valence-corrected chi connectivity index (χ1v) is 6.87. The van der Waals surface area contributed by atoms with Crippen LogP contribution in [0, 0.1) is 6.92 Å². The third kappa shape index (κ3) is 3.10. The van der Waals surface area contributed by atoms with Crippen LogP contribution in [-0.4, -0.2) is 46.3 Å². The van der Waals surface area contributed by atoms with E-state index in [0.29, 0.717) is 19.2 Å². The number of fused-ring (bicyclic) bond motifs is 1. The predicted octanol–water partition coefficient (Wildman–Crippen LogP) is 1.10. The van der Waals surface area contributed by atoms with Crippen molar-refractivity contribution in [1.29, 1.82) is 0 Å². The number of aryl methyl sites for hydroxylation is 3. The molecule has 2 aromatic rings. The van der Waals surface area contributed by atoms with Crippen molar-refractivity contribution >= 4 is 17.1 Å². The Labute approximate surface area is 118 Å². The summed E-state index contributed by atoms with van der Waals surface area (Å²) in [4.78, 5) is 4.38. The number of aromatic nitrogens is 4. The van der Waals surface area contributed by atoms with Crippen molar-refractivity contribution in [3.8, 4) is 0 Å². The Bertz CT molecular complexity index is 561. The van der Waals surface area contributed by atoms with Gasteiger partial charge in [-0.05, 0) is 19.8 Å². The molecule has 0 saturated carbocycles. The molecule has 0 radical (unpaired) electrons. The highest BCUT2D eigenvalue weighted by atomic mass is 16.5. The molecule has 2 aromatic heterocycles. The van der Waals surface area contributed by atoms with Crippen molar-refractivity contribution in [2.24, 2.45) is 7.05 Å². The quantitative estimate of drug-likeness (QED) is 0.733. The minimum absolute atomic E-state index is 0.552. The molecule has 0 amide bonds. The molecule has 0 spiro atoms. The lowest BCUT2D eigenvalue weighted by atomic mass is 10.3. The molecule has 2 rings (SSSR count). The Morgan fingerprint density at radius 1 is 1.20 bits per heavy atom. The molecule has 7 heteroatoms. The van der Waals surface area contributed by atoms with Crippen molar-refractivity contribution in [3.05, 3.63) is 5.69 Å². The minimum atomic E-state index is 0.552. The van der Waals surface area contributed by atoms with E-state index >= 15 is 0 Å². The smallest absolute Gasteiger partial charge is 0.202 e. The normalized spacial score (nSPS) is 11.6. The first-order chi connectivity index (χ1) is 9.65. The Morgan fingerprint density at radius 3 is 2.75 bits per heavy atom. The van der Waals surface area contributed by atoms with Gasteiger partial charge in [-0.15, -0.1) is 0 Å². The fourth-order valence-corrected chi connectivity index (χ4v) is 2.29. The second kappa shape index (κ2) is 6.71. The van der Waals surface area contributed by atoms with Crippen LogP contribution in [0.2, 0.25) is 0 Å². The average Bonchev–Trinajstić information content (AvgIpc) is 2.87. The molecule has 0 fully saturated rings. The van der Waals surface area contributed by atoms with Gasteiger partial charge in [0.1, 0.15) is 5.52 Å². The van der Waals surface area contributed by atoms with E-state index in [1.807, 2.05) is 23.2 Å². The summed E-state index contributed by atoms with van der Waals surface area (Å²) < 4.78 is 14.2. The van der Waals surface area contributed by atoms with Crippen LogP contribution in [0.1, 0.15) is 18.5 Å². The molecule has 2 heterocycles. The zero-order chi connectivity index (χ0) is 14.5. The third-order valence-corrected chi connectivity index (χ3v) is 3.27. The maximum Gasteiger partial charge on any atom is 0.202 e. The van der Waals surface area contributed by atoms with E-state index in [1.165, 1.54) is 0 Å². The molecule has 0 saturated heterocycles. The standard InChI is InChI=1S/C13H23N5O2/c1-10-11-12(17(2)16-10)18(13(14)15-11)6-4-5-7-20-9-8-19-3/h4-9H2,1-3H3,(H2,14,15). The van der Waals surface area contributed by atoms with Crippen molar-refractivity contribution in [3.63, 3.8) is 0 Å². The fourth-order valence-electron chi connectivity index (χ4n) is 2.29. The molecule has 0 aromatic carbocycles. The van der Waals surface area contributed by atoms with Gasteiger partial charge in [0.2, 0.25) is 5.95 Å². The summed E-state index contributed by atoms with van der Waals surface area (Å²) in [6.07, 6.45) is 1.98. The van der Waals surface area contributed by atoms with Crippen molar-refractivity contribution in [2.45, 2.75) is 26.3 Å². The maximum atomic E-state index is 5.98. The van der Waals surface area contributed by atoms with Gasteiger partial charge in [0.15, 0.2) is 5.65 Å². The first kappa shape index (κ1) is 14.8. The zero-order valence-electron chi connectivity index (χ0n) is 12.4. The van der Waals surface area contributed by atoms with Gasteiger partial charge in [0.05, 0.1) is 18.9 Å². The summed E-state index contributed by atoms with van der Waals surface area (Å²) >= 11 is 0. The fraction of sp³-hybridized carbons (Fsp3) is 0.692. The van der Waals surface area contributed by atoms with Crippen molar-refractivity contribution < 1.29 is 9.47 Å². The molecular formula is C13H23N5O2. The Balaban J connectivity index is 1.88. The van der Waals surface area contributed by atoms with Gasteiger partial charge in [-0.3, -0.25) is 9.25 Å². The molecule has 0 aliphatic rings. The lowest BCUT2D eigenvalue weighted by Crippen LogP contribution is -2.08. The number of methoxy groups -OCH3 is 1. The summed E-state index contributed by atoms with van der Waals surface area (Å²) in [6, 6.07) is 0. The second-order valence-electron chi connectivity index (χ2n) is 4.82. The van der Waals surface area contributed by atoms with Crippen LogP contribution >= 0.6 is 0 Å². The number of hydrogen-bond acceptors (Lipinski definition) is 5. The molecule has 0 atom stereocenters. The minimum Gasteiger partial charge on any atom is -0.382 e. The molecule has 0 unspecified atom stereocenters. The number of hydrogen-bond donors (Lipinski definition) is 1. The molecule has 0 aliphatic carbocycles. The first-order valence-electron chi connectivity index (χ1n) is 6.87. The van der Waals surface area contributed by atoms with Gasteiger partial charge in [0, 0.05) is 27.3 Å². The van der Waals surface area contributed by atoms with Crippen LogP contribution in [0.3, 0.4) is 0 Å². The number of imidazole rings is 1. The SMILES string of the molecule is COCCOCCCCn1c(N)nc2c(C)nn(C)c21. The molecule has 2 N–H and O–H groups in total. The number of ether oxygens (including phenoxy) is 2. The largest absolute Gasteiger partial charge is 0.382 e. The van der Waals surface area contributed by atoms with E-state index in [4.69, 9.17) is 15.2 Å². The van der Waals surface area contributed by atoms with Gasteiger partial charge >= 0.3 is 0 Å². The predicted molar refractivity (Wildman–Crippen MR) is 77.6 cm³/mol. The van der Waals surface area contributed by atoms with Crippen molar-refractivity contribution in [2.75, 3.05) is 32.7 Å². The number of nitrogen functional groups attached to an aromatic ring is 1. The summed E-state index contributed by atoms with van der Waals surface area (Å²) in [5, 5.41) is 4.37. The highest BCUT2D eigenvalue weighted by Gasteiger charge is 2.14. The number of unbranched alkanes of at least 4 members (excludes halogenated alkanes) is 1. The van der Waals surface area contributed by atoms with Gasteiger partial charge in [-0.2, -0.15) is 5.10 Å². The highest BCUT2D eigenvalue weighted by molar-refractivity contribution is 5.77. The summed E-state index contributed by atoms with van der Waals surface area (Å²) in [5.41, 5.74) is 8.77. The topological polar surface area (TPSA) is 80.1 Å². The summed E-state index contributed by atoms with van der Waals surface area (Å²) in [6.45, 7) is 4.81. The molecule has 7 nitrogen and oxygen atoms in total. The third-order valence-electron chi connectivity index (χ3n) is 3.27. The molecule has 0 aliphatic heterocycles. The molecule has 20 heavy (non-hydrogen) atoms. The van der Waals surface area contributed by atoms with Crippen LogP contribution in [-0.2, 0) is 23.1 Å². The molecule has 0 bridgehead atoms.